The number of allylic oxidation sites excluding steroid dienone is 2. The molecule has 0 fully saturated rings. The average molecular weight is 303 g/mol. The second kappa shape index (κ2) is 6.45. The van der Waals surface area contributed by atoms with Crippen molar-refractivity contribution in [1.82, 2.24) is 4.57 Å². The minimum atomic E-state index is 0.620. The Morgan fingerprint density at radius 2 is 1.35 bits per heavy atom. The van der Waals surface area contributed by atoms with Crippen LogP contribution < -0.4 is 0 Å². The van der Waals surface area contributed by atoms with Gasteiger partial charge in [-0.2, -0.15) is 0 Å². The van der Waals surface area contributed by atoms with Crippen molar-refractivity contribution in [3.05, 3.63) is 72.8 Å². The second-order valence-corrected chi connectivity index (χ2v) is 6.69. The Morgan fingerprint density at radius 3 is 1.74 bits per heavy atom. The summed E-state index contributed by atoms with van der Waals surface area (Å²) < 4.78 is 2.46. The molecule has 23 heavy (non-hydrogen) atoms. The van der Waals surface area contributed by atoms with Crippen molar-refractivity contribution in [1.29, 1.82) is 0 Å². The van der Waals surface area contributed by atoms with Gasteiger partial charge in [-0.05, 0) is 54.2 Å². The van der Waals surface area contributed by atoms with Crippen LogP contribution in [0, 0.1) is 5.92 Å². The Balaban J connectivity index is 2.30. The molecule has 0 spiro atoms. The van der Waals surface area contributed by atoms with Crippen LogP contribution in [0.5, 0.6) is 0 Å². The fourth-order valence-electron chi connectivity index (χ4n) is 3.35. The molecular weight excluding hydrogens is 278 g/mol. The van der Waals surface area contributed by atoms with Gasteiger partial charge in [0.2, 0.25) is 0 Å². The highest BCUT2D eigenvalue weighted by Crippen LogP contribution is 2.31. The largest absolute Gasteiger partial charge is 0.340 e. The van der Waals surface area contributed by atoms with E-state index in [1.54, 1.807) is 0 Å². The van der Waals surface area contributed by atoms with Crippen molar-refractivity contribution < 1.29 is 0 Å². The zero-order valence-electron chi connectivity index (χ0n) is 14.2. The maximum absolute atomic E-state index is 3.87. The number of rotatable bonds is 6. The van der Waals surface area contributed by atoms with Crippen LogP contribution in [0.25, 0.3) is 21.8 Å². The predicted octanol–water partition coefficient (Wildman–Crippen LogP) is 5.91. The van der Waals surface area contributed by atoms with Crippen molar-refractivity contribution in [3.8, 4) is 0 Å². The van der Waals surface area contributed by atoms with Gasteiger partial charge in [0.05, 0.1) is 0 Å². The first-order valence-corrected chi connectivity index (χ1v) is 8.39. The van der Waals surface area contributed by atoms with Crippen LogP contribution in [-0.4, -0.2) is 4.57 Å². The van der Waals surface area contributed by atoms with Crippen molar-refractivity contribution in [2.45, 2.75) is 33.2 Å². The molecule has 3 rings (SSSR count). The second-order valence-electron chi connectivity index (χ2n) is 6.69. The van der Waals surface area contributed by atoms with E-state index in [9.17, 15) is 0 Å². The maximum Gasteiger partial charge on any atom is 0.0491 e. The summed E-state index contributed by atoms with van der Waals surface area (Å²) in [5.74, 6) is 0.620. The third kappa shape index (κ3) is 2.96. The molecule has 0 saturated carbocycles. The maximum atomic E-state index is 3.87. The highest BCUT2D eigenvalue weighted by atomic mass is 15.0. The summed E-state index contributed by atoms with van der Waals surface area (Å²) in [6.07, 6.45) is 5.77. The van der Waals surface area contributed by atoms with Crippen molar-refractivity contribution in [2.75, 3.05) is 0 Å². The number of aromatic nitrogens is 1. The van der Waals surface area contributed by atoms with E-state index in [-0.39, 0.29) is 0 Å². The van der Waals surface area contributed by atoms with Crippen LogP contribution in [0.15, 0.2) is 61.7 Å². The first-order chi connectivity index (χ1) is 11.1. The number of nitrogens with zero attached hydrogens (tertiary/aromatic N) is 1. The topological polar surface area (TPSA) is 4.93 Å². The molecule has 1 nitrogen and oxygen atoms in total. The Hall–Kier alpha value is -2.28. The van der Waals surface area contributed by atoms with Gasteiger partial charge in [0.1, 0.15) is 0 Å². The van der Waals surface area contributed by atoms with Crippen molar-refractivity contribution >= 4 is 21.8 Å². The number of hydrogen-bond donors (Lipinski definition) is 0. The lowest BCUT2D eigenvalue weighted by Gasteiger charge is -2.10. The Bertz CT molecular complexity index is 797. The quantitative estimate of drug-likeness (QED) is 0.499. The average Bonchev–Trinajstić information content (AvgIpc) is 2.81. The third-order valence-electron chi connectivity index (χ3n) is 4.30. The van der Waals surface area contributed by atoms with Crippen LogP contribution in [0.4, 0.5) is 0 Å². The van der Waals surface area contributed by atoms with E-state index in [4.69, 9.17) is 0 Å². The SMILES string of the molecule is C=CCc1ccc2c(c1)c1cc(CC=C)ccc1n2CC(C)C. The molecule has 0 N–H and O–H groups in total. The van der Waals surface area contributed by atoms with Gasteiger partial charge in [0.25, 0.3) is 0 Å². The van der Waals surface area contributed by atoms with Gasteiger partial charge in [0.15, 0.2) is 0 Å². The summed E-state index contributed by atoms with van der Waals surface area (Å²) >= 11 is 0. The summed E-state index contributed by atoms with van der Waals surface area (Å²) in [6, 6.07) is 13.6. The highest BCUT2D eigenvalue weighted by Gasteiger charge is 2.12. The lowest BCUT2D eigenvalue weighted by molar-refractivity contribution is 0.545. The Morgan fingerprint density at radius 1 is 0.870 bits per heavy atom. The van der Waals surface area contributed by atoms with Gasteiger partial charge in [-0.15, -0.1) is 13.2 Å². The molecule has 0 bridgehead atoms. The molecule has 0 aliphatic carbocycles. The summed E-state index contributed by atoms with van der Waals surface area (Å²) in [5.41, 5.74) is 5.31. The fraction of sp³-hybridized carbons (Fsp3) is 0.273. The van der Waals surface area contributed by atoms with E-state index >= 15 is 0 Å². The number of hydrogen-bond acceptors (Lipinski definition) is 0. The molecule has 1 aromatic heterocycles. The minimum Gasteiger partial charge on any atom is -0.340 e. The Labute approximate surface area is 138 Å². The first kappa shape index (κ1) is 15.6. The van der Waals surface area contributed by atoms with Gasteiger partial charge in [-0.1, -0.05) is 38.1 Å². The van der Waals surface area contributed by atoms with Gasteiger partial charge < -0.3 is 4.57 Å². The molecule has 1 heterocycles. The van der Waals surface area contributed by atoms with E-state index in [0.29, 0.717) is 5.92 Å². The highest BCUT2D eigenvalue weighted by molar-refractivity contribution is 6.08. The van der Waals surface area contributed by atoms with E-state index in [2.05, 4.69) is 68.0 Å². The summed E-state index contributed by atoms with van der Waals surface area (Å²) in [5, 5.41) is 2.71. The molecule has 0 aliphatic heterocycles. The van der Waals surface area contributed by atoms with E-state index < -0.39 is 0 Å². The zero-order chi connectivity index (χ0) is 16.4. The monoisotopic (exact) mass is 303 g/mol. The number of fused-ring (bicyclic) bond motifs is 3. The van der Waals surface area contributed by atoms with E-state index in [0.717, 1.165) is 19.4 Å². The van der Waals surface area contributed by atoms with Gasteiger partial charge >= 0.3 is 0 Å². The molecule has 0 atom stereocenters. The van der Waals surface area contributed by atoms with Gasteiger partial charge in [-0.3, -0.25) is 0 Å². The minimum absolute atomic E-state index is 0.620. The zero-order valence-corrected chi connectivity index (χ0v) is 14.2. The van der Waals surface area contributed by atoms with Crippen molar-refractivity contribution in [2.24, 2.45) is 5.92 Å². The molecule has 118 valence electrons. The van der Waals surface area contributed by atoms with Gasteiger partial charge in [0, 0.05) is 28.4 Å². The molecule has 2 aromatic carbocycles. The summed E-state index contributed by atoms with van der Waals surface area (Å²) in [7, 11) is 0. The lowest BCUT2D eigenvalue weighted by Crippen LogP contribution is -2.03. The van der Waals surface area contributed by atoms with E-state index in [1.807, 2.05) is 12.2 Å². The van der Waals surface area contributed by atoms with Crippen LogP contribution in [0.3, 0.4) is 0 Å². The summed E-state index contributed by atoms with van der Waals surface area (Å²) in [4.78, 5) is 0. The molecule has 3 aromatic rings. The smallest absolute Gasteiger partial charge is 0.0491 e. The molecule has 0 amide bonds. The standard InChI is InChI=1S/C22H25N/c1-5-7-17-9-11-21-19(13-17)20-14-18(8-6-2)10-12-22(20)23(21)15-16(3)4/h5-6,9-14,16H,1-2,7-8,15H2,3-4H3. The normalized spacial score (nSPS) is 11.4. The van der Waals surface area contributed by atoms with Crippen molar-refractivity contribution in [3.63, 3.8) is 0 Å². The van der Waals surface area contributed by atoms with E-state index in [1.165, 1.54) is 32.9 Å². The molecular formula is C22H25N. The first-order valence-electron chi connectivity index (χ1n) is 8.39. The van der Waals surface area contributed by atoms with Gasteiger partial charge in [-0.25, -0.2) is 0 Å². The fourth-order valence-corrected chi connectivity index (χ4v) is 3.35. The van der Waals surface area contributed by atoms with Crippen LogP contribution in [0.1, 0.15) is 25.0 Å². The number of benzene rings is 2. The molecule has 0 unspecified atom stereocenters. The third-order valence-corrected chi connectivity index (χ3v) is 4.30. The molecule has 0 aliphatic rings. The van der Waals surface area contributed by atoms with Crippen LogP contribution in [-0.2, 0) is 19.4 Å². The Kier molecular flexibility index (Phi) is 4.38. The molecule has 0 saturated heterocycles. The van der Waals surface area contributed by atoms with Crippen LogP contribution >= 0.6 is 0 Å². The lowest BCUT2D eigenvalue weighted by atomic mass is 10.0. The van der Waals surface area contributed by atoms with Crippen LogP contribution in [0.2, 0.25) is 0 Å². The predicted molar refractivity (Wildman–Crippen MR) is 102 cm³/mol. The molecule has 1 heteroatoms. The molecule has 0 radical (unpaired) electrons. The summed E-state index contributed by atoms with van der Waals surface area (Å²) in [6.45, 7) is 13.3.